The number of H-pyrrole nitrogens is 1. The Labute approximate surface area is 158 Å². The van der Waals surface area contributed by atoms with Gasteiger partial charge in [0.15, 0.2) is 0 Å². The molecule has 0 radical (unpaired) electrons. The summed E-state index contributed by atoms with van der Waals surface area (Å²) in [6.07, 6.45) is 3.50. The van der Waals surface area contributed by atoms with Gasteiger partial charge in [-0.1, -0.05) is 12.1 Å². The van der Waals surface area contributed by atoms with Crippen molar-refractivity contribution >= 4 is 11.8 Å². The molecule has 144 valence electrons. The summed E-state index contributed by atoms with van der Waals surface area (Å²) in [6.45, 7) is 2.25. The molecule has 1 unspecified atom stereocenters. The summed E-state index contributed by atoms with van der Waals surface area (Å²) >= 11 is 0. The first-order chi connectivity index (χ1) is 13.1. The smallest absolute Gasteiger partial charge is 0.237 e. The van der Waals surface area contributed by atoms with Crippen LogP contribution < -0.4 is 10.1 Å². The number of carbonyl (C=O) groups is 2. The van der Waals surface area contributed by atoms with Gasteiger partial charge in [0.2, 0.25) is 11.8 Å². The van der Waals surface area contributed by atoms with Gasteiger partial charge in [0, 0.05) is 39.1 Å². The zero-order chi connectivity index (χ0) is 19.2. The number of methoxy groups -OCH3 is 1. The number of benzene rings is 1. The van der Waals surface area contributed by atoms with E-state index in [2.05, 4.69) is 15.3 Å². The molecule has 1 atom stereocenters. The average Bonchev–Trinajstić information content (AvgIpc) is 3.17. The van der Waals surface area contributed by atoms with Gasteiger partial charge in [-0.15, -0.1) is 0 Å². The summed E-state index contributed by atoms with van der Waals surface area (Å²) < 4.78 is 5.27. The van der Waals surface area contributed by atoms with Crippen molar-refractivity contribution in [3.8, 4) is 5.75 Å². The summed E-state index contributed by atoms with van der Waals surface area (Å²) in [5.41, 5.74) is 1.05. The van der Waals surface area contributed by atoms with Gasteiger partial charge >= 0.3 is 0 Å². The van der Waals surface area contributed by atoms with Crippen LogP contribution in [0.4, 0.5) is 0 Å². The number of imidazole rings is 1. The highest BCUT2D eigenvalue weighted by atomic mass is 16.5. The maximum atomic E-state index is 12.6. The molecular weight excluding hydrogens is 346 g/mol. The molecule has 8 nitrogen and oxygen atoms in total. The van der Waals surface area contributed by atoms with E-state index in [0.717, 1.165) is 11.3 Å². The Morgan fingerprint density at radius 2 is 2.30 bits per heavy atom. The summed E-state index contributed by atoms with van der Waals surface area (Å²) in [5.74, 6) is 1.29. The monoisotopic (exact) mass is 371 g/mol. The molecule has 1 saturated heterocycles. The van der Waals surface area contributed by atoms with Crippen LogP contribution in [0.15, 0.2) is 36.7 Å². The predicted octanol–water partition coefficient (Wildman–Crippen LogP) is 0.767. The molecule has 0 bridgehead atoms. The Morgan fingerprint density at radius 1 is 1.44 bits per heavy atom. The minimum atomic E-state index is -0.489. The summed E-state index contributed by atoms with van der Waals surface area (Å²) in [4.78, 5) is 35.8. The van der Waals surface area contributed by atoms with Crippen molar-refractivity contribution in [2.75, 3.05) is 27.2 Å². The zero-order valence-corrected chi connectivity index (χ0v) is 15.6. The number of piperazine rings is 1. The highest BCUT2D eigenvalue weighted by molar-refractivity contribution is 5.88. The SMILES string of the molecule is COc1cccc(CN2CCNC(=O)C2CC(=O)N(C)Cc2ncc[nH]2)c1. The molecule has 2 aromatic rings. The zero-order valence-electron chi connectivity index (χ0n) is 15.6. The van der Waals surface area contributed by atoms with Crippen LogP contribution in [0.2, 0.25) is 0 Å². The molecular formula is C19H25N5O3. The standard InChI is InChI=1S/C19H25N5O3/c1-23(13-17-20-6-7-21-17)18(25)11-16-19(26)22-8-9-24(16)12-14-4-3-5-15(10-14)27-2/h3-7,10,16H,8-9,11-13H2,1-2H3,(H,20,21)(H,22,26). The van der Waals surface area contributed by atoms with Crippen LogP contribution in [0.25, 0.3) is 0 Å². The van der Waals surface area contributed by atoms with E-state index in [1.807, 2.05) is 29.2 Å². The molecule has 2 N–H and O–H groups in total. The van der Waals surface area contributed by atoms with Gasteiger partial charge in [-0.25, -0.2) is 4.98 Å². The van der Waals surface area contributed by atoms with Crippen LogP contribution >= 0.6 is 0 Å². The molecule has 1 aromatic carbocycles. The van der Waals surface area contributed by atoms with Crippen LogP contribution in [0, 0.1) is 0 Å². The Bertz CT molecular complexity index is 777. The third kappa shape index (κ3) is 4.85. The van der Waals surface area contributed by atoms with Gasteiger partial charge in [0.25, 0.3) is 0 Å². The largest absolute Gasteiger partial charge is 0.497 e. The quantitative estimate of drug-likeness (QED) is 0.750. The molecule has 0 saturated carbocycles. The Hall–Kier alpha value is -2.87. The molecule has 0 spiro atoms. The highest BCUT2D eigenvalue weighted by Crippen LogP contribution is 2.18. The second-order valence-corrected chi connectivity index (χ2v) is 6.62. The van der Waals surface area contributed by atoms with Crippen molar-refractivity contribution in [3.05, 3.63) is 48.0 Å². The van der Waals surface area contributed by atoms with Crippen LogP contribution in [0.1, 0.15) is 17.8 Å². The molecule has 1 fully saturated rings. The molecule has 2 heterocycles. The average molecular weight is 371 g/mol. The third-order valence-corrected chi connectivity index (χ3v) is 4.70. The number of rotatable bonds is 7. The number of aromatic nitrogens is 2. The highest BCUT2D eigenvalue weighted by Gasteiger charge is 2.32. The van der Waals surface area contributed by atoms with Crippen molar-refractivity contribution in [2.24, 2.45) is 0 Å². The first-order valence-electron chi connectivity index (χ1n) is 8.93. The Kier molecular flexibility index (Phi) is 6.08. The van der Waals surface area contributed by atoms with E-state index >= 15 is 0 Å². The van der Waals surface area contributed by atoms with Crippen LogP contribution in [0.3, 0.4) is 0 Å². The van der Waals surface area contributed by atoms with Crippen LogP contribution in [-0.2, 0) is 22.7 Å². The number of carbonyl (C=O) groups excluding carboxylic acids is 2. The van der Waals surface area contributed by atoms with Gasteiger partial charge in [0.05, 0.1) is 26.1 Å². The molecule has 2 amide bonds. The van der Waals surface area contributed by atoms with E-state index < -0.39 is 6.04 Å². The molecule has 1 aliphatic heterocycles. The predicted molar refractivity (Wildman–Crippen MR) is 99.9 cm³/mol. The molecule has 27 heavy (non-hydrogen) atoms. The fourth-order valence-corrected chi connectivity index (χ4v) is 3.20. The normalized spacial score (nSPS) is 17.4. The first-order valence-corrected chi connectivity index (χ1v) is 8.93. The maximum Gasteiger partial charge on any atom is 0.237 e. The van der Waals surface area contributed by atoms with Gasteiger partial charge < -0.3 is 19.9 Å². The number of hydrogen-bond donors (Lipinski definition) is 2. The summed E-state index contributed by atoms with van der Waals surface area (Å²) in [6, 6.07) is 7.27. The number of nitrogens with one attached hydrogen (secondary N) is 2. The van der Waals surface area contributed by atoms with E-state index in [4.69, 9.17) is 4.74 Å². The first kappa shape index (κ1) is 18.9. The van der Waals surface area contributed by atoms with E-state index in [9.17, 15) is 9.59 Å². The van der Waals surface area contributed by atoms with Crippen LogP contribution in [0.5, 0.6) is 5.75 Å². The second kappa shape index (κ2) is 8.68. The van der Waals surface area contributed by atoms with Crippen molar-refractivity contribution < 1.29 is 14.3 Å². The number of aromatic amines is 1. The number of hydrogen-bond acceptors (Lipinski definition) is 5. The van der Waals surface area contributed by atoms with Crippen molar-refractivity contribution in [1.82, 2.24) is 25.1 Å². The number of amides is 2. The summed E-state index contributed by atoms with van der Waals surface area (Å²) in [5, 5.41) is 2.87. The topological polar surface area (TPSA) is 90.6 Å². The van der Waals surface area contributed by atoms with Gasteiger partial charge in [-0.2, -0.15) is 0 Å². The minimum Gasteiger partial charge on any atom is -0.497 e. The molecule has 0 aliphatic carbocycles. The van der Waals surface area contributed by atoms with Gasteiger partial charge in [-0.3, -0.25) is 14.5 Å². The molecule has 3 rings (SSSR count). The lowest BCUT2D eigenvalue weighted by atomic mass is 10.1. The number of nitrogens with zero attached hydrogens (tertiary/aromatic N) is 3. The summed E-state index contributed by atoms with van der Waals surface area (Å²) in [7, 11) is 3.35. The molecule has 8 heteroatoms. The van der Waals surface area contributed by atoms with Gasteiger partial charge in [0.1, 0.15) is 11.6 Å². The van der Waals surface area contributed by atoms with E-state index in [1.54, 1.807) is 31.5 Å². The Morgan fingerprint density at radius 3 is 3.04 bits per heavy atom. The number of ether oxygens (including phenoxy) is 1. The lowest BCUT2D eigenvalue weighted by Gasteiger charge is -2.35. The third-order valence-electron chi connectivity index (χ3n) is 4.70. The van der Waals surface area contributed by atoms with Crippen molar-refractivity contribution in [3.63, 3.8) is 0 Å². The lowest BCUT2D eigenvalue weighted by Crippen LogP contribution is -2.56. The lowest BCUT2D eigenvalue weighted by molar-refractivity contribution is -0.138. The molecule has 1 aromatic heterocycles. The van der Waals surface area contributed by atoms with E-state index in [-0.39, 0.29) is 18.2 Å². The van der Waals surface area contributed by atoms with E-state index in [1.165, 1.54) is 0 Å². The second-order valence-electron chi connectivity index (χ2n) is 6.62. The molecule has 1 aliphatic rings. The van der Waals surface area contributed by atoms with Crippen molar-refractivity contribution in [1.29, 1.82) is 0 Å². The van der Waals surface area contributed by atoms with Crippen molar-refractivity contribution in [2.45, 2.75) is 25.6 Å². The Balaban J connectivity index is 1.66. The van der Waals surface area contributed by atoms with Crippen LogP contribution in [-0.4, -0.2) is 64.9 Å². The fraction of sp³-hybridized carbons (Fsp3) is 0.421. The minimum absolute atomic E-state index is 0.0934. The maximum absolute atomic E-state index is 12.6. The fourth-order valence-electron chi connectivity index (χ4n) is 3.20. The van der Waals surface area contributed by atoms with Gasteiger partial charge in [-0.05, 0) is 17.7 Å². The van der Waals surface area contributed by atoms with E-state index in [0.29, 0.717) is 32.0 Å².